The van der Waals surface area contributed by atoms with Crippen molar-refractivity contribution in [2.75, 3.05) is 5.32 Å². The molecular formula is C13H8ClN3O2S. The molecule has 0 unspecified atom stereocenters. The Labute approximate surface area is 122 Å². The number of fused-ring (bicyclic) bond motifs is 1. The maximum absolute atomic E-state index is 12.0. The third-order valence-corrected chi connectivity index (χ3v) is 3.79. The Hall–Kier alpha value is -2.18. The number of rotatable bonds is 2. The van der Waals surface area contributed by atoms with Crippen molar-refractivity contribution in [2.45, 2.75) is 0 Å². The zero-order chi connectivity index (χ0) is 14.1. The van der Waals surface area contributed by atoms with E-state index >= 15 is 0 Å². The number of nitrogens with one attached hydrogen (secondary N) is 2. The first kappa shape index (κ1) is 12.8. The second-order valence-corrected chi connectivity index (χ2v) is 5.49. The van der Waals surface area contributed by atoms with E-state index in [1.54, 1.807) is 18.2 Å². The number of halogens is 1. The molecule has 5 nitrogen and oxygen atoms in total. The molecule has 0 saturated carbocycles. The lowest BCUT2D eigenvalue weighted by Gasteiger charge is -1.99. The van der Waals surface area contributed by atoms with Crippen LogP contribution in [-0.2, 0) is 0 Å². The van der Waals surface area contributed by atoms with Gasteiger partial charge in [-0.15, -0.1) is 0 Å². The van der Waals surface area contributed by atoms with Crippen LogP contribution in [-0.4, -0.2) is 15.9 Å². The number of carbonyl (C=O) groups is 1. The first-order valence-corrected chi connectivity index (χ1v) is 6.87. The van der Waals surface area contributed by atoms with Gasteiger partial charge in [0.15, 0.2) is 5.13 Å². The molecule has 3 aromatic rings. The van der Waals surface area contributed by atoms with E-state index in [-0.39, 0.29) is 11.5 Å². The van der Waals surface area contributed by atoms with Crippen LogP contribution < -0.4 is 10.9 Å². The Morgan fingerprint density at radius 1 is 1.30 bits per heavy atom. The van der Waals surface area contributed by atoms with E-state index in [9.17, 15) is 9.59 Å². The van der Waals surface area contributed by atoms with Crippen LogP contribution in [0, 0.1) is 0 Å². The highest BCUT2D eigenvalue weighted by molar-refractivity contribution is 7.22. The van der Waals surface area contributed by atoms with Crippen LogP contribution in [0.15, 0.2) is 41.3 Å². The molecule has 1 amide bonds. The Bertz CT molecular complexity index is 836. The van der Waals surface area contributed by atoms with E-state index in [1.165, 1.54) is 29.7 Å². The molecule has 7 heteroatoms. The van der Waals surface area contributed by atoms with E-state index in [4.69, 9.17) is 11.6 Å². The van der Waals surface area contributed by atoms with Gasteiger partial charge in [-0.1, -0.05) is 22.9 Å². The molecule has 0 spiro atoms. The van der Waals surface area contributed by atoms with Gasteiger partial charge in [-0.2, -0.15) is 0 Å². The molecule has 0 bridgehead atoms. The average Bonchev–Trinajstić information content (AvgIpc) is 2.80. The minimum Gasteiger partial charge on any atom is -0.328 e. The summed E-state index contributed by atoms with van der Waals surface area (Å²) < 4.78 is 0.897. The summed E-state index contributed by atoms with van der Waals surface area (Å²) in [4.78, 5) is 29.7. The minimum absolute atomic E-state index is 0.254. The summed E-state index contributed by atoms with van der Waals surface area (Å²) in [5, 5.41) is 3.80. The molecule has 2 aromatic heterocycles. The second kappa shape index (κ2) is 5.07. The number of thiazole rings is 1. The molecule has 20 heavy (non-hydrogen) atoms. The SMILES string of the molecule is O=C(Nc1nc2ccc(Cl)cc2s1)c1ccc(=O)[nH]c1. The van der Waals surface area contributed by atoms with Crippen molar-refractivity contribution in [3.8, 4) is 0 Å². The molecular weight excluding hydrogens is 298 g/mol. The van der Waals surface area contributed by atoms with E-state index in [2.05, 4.69) is 15.3 Å². The molecule has 0 aliphatic heterocycles. The normalized spacial score (nSPS) is 10.7. The number of pyridine rings is 1. The van der Waals surface area contributed by atoms with Gasteiger partial charge in [0.1, 0.15) is 0 Å². The molecule has 1 aromatic carbocycles. The number of hydrogen-bond acceptors (Lipinski definition) is 4. The molecule has 0 fully saturated rings. The third-order valence-electron chi connectivity index (χ3n) is 2.62. The first-order chi connectivity index (χ1) is 9.61. The lowest BCUT2D eigenvalue weighted by molar-refractivity contribution is 0.102. The van der Waals surface area contributed by atoms with Gasteiger partial charge < -0.3 is 4.98 Å². The van der Waals surface area contributed by atoms with Crippen molar-refractivity contribution in [3.05, 3.63) is 57.5 Å². The van der Waals surface area contributed by atoms with Crippen molar-refractivity contribution < 1.29 is 4.79 Å². The summed E-state index contributed by atoms with van der Waals surface area (Å²) in [6.07, 6.45) is 1.36. The highest BCUT2D eigenvalue weighted by Crippen LogP contribution is 2.28. The minimum atomic E-state index is -0.327. The number of aromatic nitrogens is 2. The molecule has 0 atom stereocenters. The Kier molecular flexibility index (Phi) is 3.25. The Morgan fingerprint density at radius 2 is 2.15 bits per heavy atom. The summed E-state index contributed by atoms with van der Waals surface area (Å²) in [6.45, 7) is 0. The lowest BCUT2D eigenvalue weighted by Crippen LogP contribution is -2.14. The van der Waals surface area contributed by atoms with E-state index in [0.717, 1.165) is 10.2 Å². The Morgan fingerprint density at radius 3 is 2.90 bits per heavy atom. The van der Waals surface area contributed by atoms with Gasteiger partial charge in [-0.25, -0.2) is 4.98 Å². The standard InChI is InChI=1S/C13H8ClN3O2S/c14-8-2-3-9-10(5-8)20-13(16-9)17-12(19)7-1-4-11(18)15-6-7/h1-6H,(H,15,18)(H,16,17,19). The van der Waals surface area contributed by atoms with Gasteiger partial charge in [-0.3, -0.25) is 14.9 Å². The number of hydrogen-bond donors (Lipinski definition) is 2. The number of carbonyl (C=O) groups excluding carboxylic acids is 1. The molecule has 0 aliphatic rings. The largest absolute Gasteiger partial charge is 0.328 e. The van der Waals surface area contributed by atoms with Gasteiger partial charge in [0, 0.05) is 17.3 Å². The van der Waals surface area contributed by atoms with Crippen LogP contribution in [0.5, 0.6) is 0 Å². The zero-order valence-electron chi connectivity index (χ0n) is 10.0. The van der Waals surface area contributed by atoms with Crippen LogP contribution in [0.2, 0.25) is 5.02 Å². The number of aromatic amines is 1. The van der Waals surface area contributed by atoms with Crippen LogP contribution in [0.25, 0.3) is 10.2 Å². The monoisotopic (exact) mass is 305 g/mol. The number of amides is 1. The maximum atomic E-state index is 12.0. The van der Waals surface area contributed by atoms with E-state index < -0.39 is 0 Å². The fourth-order valence-corrected chi connectivity index (χ4v) is 2.81. The van der Waals surface area contributed by atoms with E-state index in [1.807, 2.05) is 0 Å². The van der Waals surface area contributed by atoms with Gasteiger partial charge in [0.2, 0.25) is 5.56 Å². The molecule has 0 saturated heterocycles. The molecule has 2 heterocycles. The maximum Gasteiger partial charge on any atom is 0.258 e. The second-order valence-electron chi connectivity index (χ2n) is 4.03. The Balaban J connectivity index is 1.87. The van der Waals surface area contributed by atoms with Crippen LogP contribution in [0.3, 0.4) is 0 Å². The van der Waals surface area contributed by atoms with Crippen molar-refractivity contribution >= 4 is 44.2 Å². The molecule has 0 radical (unpaired) electrons. The summed E-state index contributed by atoms with van der Waals surface area (Å²) in [7, 11) is 0. The van der Waals surface area contributed by atoms with Crippen LogP contribution in [0.1, 0.15) is 10.4 Å². The molecule has 100 valence electrons. The van der Waals surface area contributed by atoms with Gasteiger partial charge in [-0.05, 0) is 24.3 Å². The van der Waals surface area contributed by atoms with Gasteiger partial charge >= 0.3 is 0 Å². The van der Waals surface area contributed by atoms with Crippen molar-refractivity contribution in [2.24, 2.45) is 0 Å². The lowest BCUT2D eigenvalue weighted by atomic mass is 10.3. The van der Waals surface area contributed by atoms with Gasteiger partial charge in [0.05, 0.1) is 15.8 Å². The predicted octanol–water partition coefficient (Wildman–Crippen LogP) is 2.89. The summed E-state index contributed by atoms with van der Waals surface area (Å²) in [6, 6.07) is 8.09. The van der Waals surface area contributed by atoms with Crippen molar-refractivity contribution in [1.29, 1.82) is 0 Å². The highest BCUT2D eigenvalue weighted by Gasteiger charge is 2.10. The van der Waals surface area contributed by atoms with E-state index in [0.29, 0.717) is 15.7 Å². The van der Waals surface area contributed by atoms with Crippen molar-refractivity contribution in [3.63, 3.8) is 0 Å². The fraction of sp³-hybridized carbons (Fsp3) is 0. The van der Waals surface area contributed by atoms with Crippen LogP contribution >= 0.6 is 22.9 Å². The first-order valence-electron chi connectivity index (χ1n) is 5.68. The third kappa shape index (κ3) is 2.56. The highest BCUT2D eigenvalue weighted by atomic mass is 35.5. The number of H-pyrrole nitrogens is 1. The average molecular weight is 306 g/mol. The van der Waals surface area contributed by atoms with Gasteiger partial charge in [0.25, 0.3) is 5.91 Å². The van der Waals surface area contributed by atoms with Crippen LogP contribution in [0.4, 0.5) is 5.13 Å². The topological polar surface area (TPSA) is 74.8 Å². The smallest absolute Gasteiger partial charge is 0.258 e. The number of nitrogens with zero attached hydrogens (tertiary/aromatic N) is 1. The molecule has 2 N–H and O–H groups in total. The quantitative estimate of drug-likeness (QED) is 0.764. The molecule has 3 rings (SSSR count). The zero-order valence-corrected chi connectivity index (χ0v) is 11.6. The van der Waals surface area contributed by atoms with Crippen molar-refractivity contribution in [1.82, 2.24) is 9.97 Å². The number of benzene rings is 1. The summed E-state index contributed by atoms with van der Waals surface area (Å²) in [5.74, 6) is -0.327. The fourth-order valence-electron chi connectivity index (χ4n) is 1.67. The predicted molar refractivity (Wildman–Crippen MR) is 79.6 cm³/mol. The summed E-state index contributed by atoms with van der Waals surface area (Å²) in [5.41, 5.74) is 0.884. The number of anilines is 1. The summed E-state index contributed by atoms with van der Waals surface area (Å²) >= 11 is 7.24. The molecule has 0 aliphatic carbocycles.